The van der Waals surface area contributed by atoms with Gasteiger partial charge in [0.1, 0.15) is 11.3 Å². The standard InChI is InChI=1S/C19H15F2N3O2S/c1-10-2-4-13(5-3-10)24-9-11(6-16(24)25)18(26)23-19-22-17-14(21)7-12(20)8-15(17)27-19/h2-5,7-8,11H,6,9H2,1H3,(H,22,23,26). The molecule has 1 unspecified atom stereocenters. The molecule has 0 bridgehead atoms. The van der Waals surface area contributed by atoms with Crippen molar-refractivity contribution in [3.8, 4) is 0 Å². The van der Waals surface area contributed by atoms with Crippen molar-refractivity contribution in [2.75, 3.05) is 16.8 Å². The second kappa shape index (κ2) is 6.70. The van der Waals surface area contributed by atoms with Gasteiger partial charge in [-0.2, -0.15) is 0 Å². The predicted octanol–water partition coefficient (Wildman–Crippen LogP) is 3.87. The van der Waals surface area contributed by atoms with Crippen LogP contribution in [0.4, 0.5) is 19.6 Å². The van der Waals surface area contributed by atoms with Crippen LogP contribution in [0.1, 0.15) is 12.0 Å². The van der Waals surface area contributed by atoms with Crippen molar-refractivity contribution >= 4 is 44.2 Å². The van der Waals surface area contributed by atoms with Crippen LogP contribution in [0.15, 0.2) is 36.4 Å². The first kappa shape index (κ1) is 17.5. The monoisotopic (exact) mass is 387 g/mol. The van der Waals surface area contributed by atoms with E-state index in [1.54, 1.807) is 4.90 Å². The second-order valence-corrected chi connectivity index (χ2v) is 7.51. The first-order valence-corrected chi connectivity index (χ1v) is 9.16. The lowest BCUT2D eigenvalue weighted by Crippen LogP contribution is -2.28. The molecule has 1 N–H and O–H groups in total. The van der Waals surface area contributed by atoms with Gasteiger partial charge >= 0.3 is 0 Å². The van der Waals surface area contributed by atoms with E-state index in [0.29, 0.717) is 4.70 Å². The van der Waals surface area contributed by atoms with Crippen LogP contribution in [0.25, 0.3) is 10.2 Å². The van der Waals surface area contributed by atoms with Gasteiger partial charge in [0.05, 0.1) is 10.6 Å². The SMILES string of the molecule is Cc1ccc(N2CC(C(=O)Nc3nc4c(F)cc(F)cc4s3)CC2=O)cc1. The number of aryl methyl sites for hydroxylation is 1. The van der Waals surface area contributed by atoms with Gasteiger partial charge in [0.25, 0.3) is 0 Å². The van der Waals surface area contributed by atoms with Gasteiger partial charge in [-0.05, 0) is 25.1 Å². The summed E-state index contributed by atoms with van der Waals surface area (Å²) in [6.07, 6.45) is 0.0909. The van der Waals surface area contributed by atoms with Crippen molar-refractivity contribution < 1.29 is 18.4 Å². The maximum absolute atomic E-state index is 13.8. The predicted molar refractivity (Wildman–Crippen MR) is 99.8 cm³/mol. The van der Waals surface area contributed by atoms with Crippen molar-refractivity contribution in [3.05, 3.63) is 53.6 Å². The lowest BCUT2D eigenvalue weighted by Gasteiger charge is -2.16. The quantitative estimate of drug-likeness (QED) is 0.742. The number of anilines is 2. The first-order valence-electron chi connectivity index (χ1n) is 8.34. The van der Waals surface area contributed by atoms with Crippen molar-refractivity contribution in [3.63, 3.8) is 0 Å². The van der Waals surface area contributed by atoms with Crippen LogP contribution >= 0.6 is 11.3 Å². The number of halogens is 2. The highest BCUT2D eigenvalue weighted by molar-refractivity contribution is 7.22. The molecule has 1 aliphatic heterocycles. The van der Waals surface area contributed by atoms with Gasteiger partial charge in [-0.15, -0.1) is 0 Å². The number of nitrogens with one attached hydrogen (secondary N) is 1. The number of hydrogen-bond donors (Lipinski definition) is 1. The second-order valence-electron chi connectivity index (χ2n) is 6.48. The van der Waals surface area contributed by atoms with Crippen molar-refractivity contribution in [2.45, 2.75) is 13.3 Å². The highest BCUT2D eigenvalue weighted by atomic mass is 32.1. The maximum atomic E-state index is 13.8. The summed E-state index contributed by atoms with van der Waals surface area (Å²) in [7, 11) is 0. The molecule has 2 amide bonds. The molecule has 0 saturated carbocycles. The minimum absolute atomic E-state index is 0.0143. The van der Waals surface area contributed by atoms with E-state index < -0.39 is 17.6 Å². The van der Waals surface area contributed by atoms with Gasteiger partial charge in [0, 0.05) is 24.7 Å². The minimum Gasteiger partial charge on any atom is -0.312 e. The molecule has 1 fully saturated rings. The molecule has 3 aromatic rings. The van der Waals surface area contributed by atoms with E-state index >= 15 is 0 Å². The molecule has 0 aliphatic carbocycles. The Balaban J connectivity index is 1.50. The Kier molecular flexibility index (Phi) is 4.35. The molecule has 1 aliphatic rings. The largest absolute Gasteiger partial charge is 0.312 e. The molecule has 1 aromatic heterocycles. The van der Waals surface area contributed by atoms with Crippen LogP contribution in [0.5, 0.6) is 0 Å². The van der Waals surface area contributed by atoms with Gasteiger partial charge in [0.15, 0.2) is 10.9 Å². The number of carbonyl (C=O) groups excluding carboxylic acids is 2. The summed E-state index contributed by atoms with van der Waals surface area (Å²) in [5.74, 6) is -2.50. The smallest absolute Gasteiger partial charge is 0.231 e. The average Bonchev–Trinajstić information content (AvgIpc) is 3.19. The number of aromatic nitrogens is 1. The van der Waals surface area contributed by atoms with E-state index in [4.69, 9.17) is 0 Å². The van der Waals surface area contributed by atoms with Gasteiger partial charge in [0.2, 0.25) is 11.8 Å². The normalized spacial score (nSPS) is 16.9. The molecule has 0 spiro atoms. The zero-order chi connectivity index (χ0) is 19.1. The third-order valence-electron chi connectivity index (χ3n) is 4.48. The molecule has 5 nitrogen and oxygen atoms in total. The number of benzene rings is 2. The number of fused-ring (bicyclic) bond motifs is 1. The number of carbonyl (C=O) groups is 2. The summed E-state index contributed by atoms with van der Waals surface area (Å²) in [4.78, 5) is 30.4. The van der Waals surface area contributed by atoms with Crippen LogP contribution in [0.3, 0.4) is 0 Å². The Morgan fingerprint density at radius 1 is 1.26 bits per heavy atom. The molecule has 1 atom stereocenters. The molecule has 4 rings (SSSR count). The van der Waals surface area contributed by atoms with Crippen LogP contribution in [0.2, 0.25) is 0 Å². The van der Waals surface area contributed by atoms with E-state index in [0.717, 1.165) is 28.7 Å². The fraction of sp³-hybridized carbons (Fsp3) is 0.211. The van der Waals surface area contributed by atoms with Crippen LogP contribution in [-0.4, -0.2) is 23.3 Å². The van der Waals surface area contributed by atoms with Gasteiger partial charge in [-0.25, -0.2) is 13.8 Å². The zero-order valence-electron chi connectivity index (χ0n) is 14.3. The third-order valence-corrected chi connectivity index (χ3v) is 5.40. The van der Waals surface area contributed by atoms with E-state index in [2.05, 4.69) is 10.3 Å². The zero-order valence-corrected chi connectivity index (χ0v) is 15.1. The Labute approximate surface area is 157 Å². The molecule has 2 aromatic carbocycles. The molecule has 1 saturated heterocycles. The lowest BCUT2D eigenvalue weighted by atomic mass is 10.1. The summed E-state index contributed by atoms with van der Waals surface area (Å²) >= 11 is 0.991. The van der Waals surface area contributed by atoms with Crippen molar-refractivity contribution in [1.29, 1.82) is 0 Å². The van der Waals surface area contributed by atoms with Gasteiger partial charge in [-0.3, -0.25) is 9.59 Å². The van der Waals surface area contributed by atoms with Crippen molar-refractivity contribution in [2.24, 2.45) is 5.92 Å². The first-order chi connectivity index (χ1) is 12.9. The van der Waals surface area contributed by atoms with Crippen molar-refractivity contribution in [1.82, 2.24) is 4.98 Å². The number of hydrogen-bond acceptors (Lipinski definition) is 4. The summed E-state index contributed by atoms with van der Waals surface area (Å²) in [5.41, 5.74) is 1.85. The highest BCUT2D eigenvalue weighted by Crippen LogP contribution is 2.30. The van der Waals surface area contributed by atoms with E-state index in [9.17, 15) is 18.4 Å². The molecule has 0 radical (unpaired) electrons. The topological polar surface area (TPSA) is 62.3 Å². The Bertz CT molecular complexity index is 1050. The van der Waals surface area contributed by atoms with E-state index in [1.165, 1.54) is 6.07 Å². The molecule has 138 valence electrons. The summed E-state index contributed by atoms with van der Waals surface area (Å²) in [5, 5.41) is 2.80. The molecule has 8 heteroatoms. The summed E-state index contributed by atoms with van der Waals surface area (Å²) in [6.45, 7) is 2.22. The highest BCUT2D eigenvalue weighted by Gasteiger charge is 2.35. The summed E-state index contributed by atoms with van der Waals surface area (Å²) < 4.78 is 27.4. The molecule has 2 heterocycles. The molecular weight excluding hydrogens is 372 g/mol. The molecule has 27 heavy (non-hydrogen) atoms. The Hall–Kier alpha value is -2.87. The minimum atomic E-state index is -0.775. The third kappa shape index (κ3) is 3.40. The van der Waals surface area contributed by atoms with Crippen LogP contribution < -0.4 is 10.2 Å². The molecular formula is C19H15F2N3O2S. The van der Waals surface area contributed by atoms with Gasteiger partial charge < -0.3 is 10.2 Å². The van der Waals surface area contributed by atoms with Gasteiger partial charge in [-0.1, -0.05) is 29.0 Å². The van der Waals surface area contributed by atoms with E-state index in [1.807, 2.05) is 31.2 Å². The number of rotatable bonds is 3. The average molecular weight is 387 g/mol. The van der Waals surface area contributed by atoms with Crippen LogP contribution in [0, 0.1) is 24.5 Å². The fourth-order valence-corrected chi connectivity index (χ4v) is 3.98. The number of nitrogens with zero attached hydrogens (tertiary/aromatic N) is 2. The summed E-state index contributed by atoms with van der Waals surface area (Å²) in [6, 6.07) is 9.43. The lowest BCUT2D eigenvalue weighted by molar-refractivity contribution is -0.122. The Morgan fingerprint density at radius 2 is 2.00 bits per heavy atom. The maximum Gasteiger partial charge on any atom is 0.231 e. The Morgan fingerprint density at radius 3 is 2.74 bits per heavy atom. The fourth-order valence-electron chi connectivity index (χ4n) is 3.08. The number of thiazole rings is 1. The van der Waals surface area contributed by atoms with E-state index in [-0.39, 0.29) is 35.4 Å². The number of amides is 2. The van der Waals surface area contributed by atoms with Crippen LogP contribution in [-0.2, 0) is 9.59 Å².